The van der Waals surface area contributed by atoms with Gasteiger partial charge in [0.15, 0.2) is 6.10 Å². The molecule has 0 saturated heterocycles. The summed E-state index contributed by atoms with van der Waals surface area (Å²) in [5, 5.41) is 11.5. The fourth-order valence-corrected chi connectivity index (χ4v) is 4.55. The third-order valence-corrected chi connectivity index (χ3v) is 6.18. The van der Waals surface area contributed by atoms with E-state index in [1.165, 1.54) is 5.56 Å². The standard InChI is InChI=1S/C25H26ClNO3/c1-3-16-8-10-17(11-9-16)23-20-14-18(26)12-13-21(20)27-15(2)22(23)24(25(28)29)30-19-6-4-5-7-19/h8-14,19,24H,3-7H2,1-2H3,(H,28,29). The molecule has 1 N–H and O–H groups in total. The van der Waals surface area contributed by atoms with E-state index in [4.69, 9.17) is 21.3 Å². The van der Waals surface area contributed by atoms with Crippen LogP contribution in [0.2, 0.25) is 5.02 Å². The highest BCUT2D eigenvalue weighted by Crippen LogP contribution is 2.40. The van der Waals surface area contributed by atoms with Gasteiger partial charge in [0.25, 0.3) is 0 Å². The molecule has 1 aromatic heterocycles. The van der Waals surface area contributed by atoms with Crippen LogP contribution in [-0.4, -0.2) is 22.2 Å². The second-order valence-electron chi connectivity index (χ2n) is 7.96. The number of nitrogens with zero attached hydrogens (tertiary/aromatic N) is 1. The molecule has 1 atom stereocenters. The highest BCUT2D eigenvalue weighted by molar-refractivity contribution is 6.31. The van der Waals surface area contributed by atoms with Crippen LogP contribution in [0.3, 0.4) is 0 Å². The SMILES string of the molecule is CCc1ccc(-c2c(C(OC3CCCC3)C(=O)O)c(C)nc3ccc(Cl)cc23)cc1. The summed E-state index contributed by atoms with van der Waals surface area (Å²) in [6.45, 7) is 3.98. The van der Waals surface area contributed by atoms with Gasteiger partial charge in [-0.2, -0.15) is 0 Å². The van der Waals surface area contributed by atoms with Gasteiger partial charge in [0, 0.05) is 21.7 Å². The van der Waals surface area contributed by atoms with Crippen molar-refractivity contribution < 1.29 is 14.6 Å². The van der Waals surface area contributed by atoms with Gasteiger partial charge in [-0.3, -0.25) is 4.98 Å². The Balaban J connectivity index is 1.96. The maximum atomic E-state index is 12.3. The van der Waals surface area contributed by atoms with Crippen LogP contribution in [-0.2, 0) is 16.0 Å². The summed E-state index contributed by atoms with van der Waals surface area (Å²) >= 11 is 6.32. The maximum Gasteiger partial charge on any atom is 0.337 e. The lowest BCUT2D eigenvalue weighted by atomic mass is 9.90. The summed E-state index contributed by atoms with van der Waals surface area (Å²) in [6, 6.07) is 13.8. The smallest absolute Gasteiger partial charge is 0.337 e. The van der Waals surface area contributed by atoms with Gasteiger partial charge in [-0.05, 0) is 61.1 Å². The van der Waals surface area contributed by atoms with Crippen LogP contribution < -0.4 is 0 Å². The Kier molecular flexibility index (Phi) is 6.07. The minimum Gasteiger partial charge on any atom is -0.479 e. The molecule has 0 bridgehead atoms. The third kappa shape index (κ3) is 4.07. The van der Waals surface area contributed by atoms with Gasteiger partial charge in [0.05, 0.1) is 11.6 Å². The van der Waals surface area contributed by atoms with Gasteiger partial charge < -0.3 is 9.84 Å². The fourth-order valence-electron chi connectivity index (χ4n) is 4.38. The highest BCUT2D eigenvalue weighted by Gasteiger charge is 2.32. The normalized spacial score (nSPS) is 15.6. The summed E-state index contributed by atoms with van der Waals surface area (Å²) in [7, 11) is 0. The van der Waals surface area contributed by atoms with E-state index in [0.717, 1.165) is 54.1 Å². The monoisotopic (exact) mass is 423 g/mol. The molecule has 0 amide bonds. The number of aliphatic carboxylic acids is 1. The first-order valence-corrected chi connectivity index (χ1v) is 10.9. The van der Waals surface area contributed by atoms with Gasteiger partial charge >= 0.3 is 5.97 Å². The number of hydrogen-bond donors (Lipinski definition) is 1. The number of hydrogen-bond acceptors (Lipinski definition) is 3. The molecule has 1 fully saturated rings. The number of benzene rings is 2. The maximum absolute atomic E-state index is 12.3. The van der Waals surface area contributed by atoms with Crippen LogP contribution in [0, 0.1) is 6.92 Å². The van der Waals surface area contributed by atoms with Crippen molar-refractivity contribution in [1.82, 2.24) is 4.98 Å². The number of aryl methyl sites for hydroxylation is 2. The number of ether oxygens (including phenoxy) is 1. The highest BCUT2D eigenvalue weighted by atomic mass is 35.5. The van der Waals surface area contributed by atoms with Crippen molar-refractivity contribution in [3.05, 3.63) is 64.3 Å². The number of carboxylic acid groups (broad SMARTS) is 1. The molecule has 3 aromatic rings. The van der Waals surface area contributed by atoms with E-state index >= 15 is 0 Å². The van der Waals surface area contributed by atoms with Crippen LogP contribution in [0.5, 0.6) is 0 Å². The lowest BCUT2D eigenvalue weighted by Gasteiger charge is -2.24. The molecule has 0 spiro atoms. The van der Waals surface area contributed by atoms with Crippen molar-refractivity contribution >= 4 is 28.5 Å². The number of rotatable bonds is 6. The van der Waals surface area contributed by atoms with E-state index < -0.39 is 12.1 Å². The van der Waals surface area contributed by atoms with E-state index in [2.05, 4.69) is 19.1 Å². The molecule has 4 nitrogen and oxygen atoms in total. The first-order chi connectivity index (χ1) is 14.5. The lowest BCUT2D eigenvalue weighted by Crippen LogP contribution is -2.23. The molecule has 2 aromatic carbocycles. The Morgan fingerprint density at radius 3 is 2.53 bits per heavy atom. The van der Waals surface area contributed by atoms with Crippen molar-refractivity contribution in [3.8, 4) is 11.1 Å². The molecule has 4 rings (SSSR count). The molecule has 1 saturated carbocycles. The Hall–Kier alpha value is -2.43. The molecular formula is C25H26ClNO3. The molecular weight excluding hydrogens is 398 g/mol. The van der Waals surface area contributed by atoms with E-state index in [9.17, 15) is 9.90 Å². The van der Waals surface area contributed by atoms with Gasteiger partial charge in [-0.25, -0.2) is 4.79 Å². The van der Waals surface area contributed by atoms with Crippen LogP contribution in [0.25, 0.3) is 22.0 Å². The van der Waals surface area contributed by atoms with Crippen LogP contribution in [0.15, 0.2) is 42.5 Å². The van der Waals surface area contributed by atoms with Gasteiger partial charge in [-0.15, -0.1) is 0 Å². The Labute approximate surface area is 181 Å². The molecule has 1 unspecified atom stereocenters. The summed E-state index contributed by atoms with van der Waals surface area (Å²) in [5.41, 5.74) is 5.10. The van der Waals surface area contributed by atoms with Crippen LogP contribution in [0.4, 0.5) is 0 Å². The van der Waals surface area contributed by atoms with Crippen LogP contribution >= 0.6 is 11.6 Å². The average Bonchev–Trinajstić information content (AvgIpc) is 3.25. The predicted octanol–water partition coefficient (Wildman–Crippen LogP) is 6.51. The second-order valence-corrected chi connectivity index (χ2v) is 8.40. The van der Waals surface area contributed by atoms with E-state index in [1.807, 2.05) is 37.3 Å². The lowest BCUT2D eigenvalue weighted by molar-refractivity contribution is -0.154. The Morgan fingerprint density at radius 2 is 1.90 bits per heavy atom. The molecule has 5 heteroatoms. The summed E-state index contributed by atoms with van der Waals surface area (Å²) in [5.74, 6) is -0.986. The van der Waals surface area contributed by atoms with Crippen molar-refractivity contribution in [3.63, 3.8) is 0 Å². The van der Waals surface area contributed by atoms with E-state index in [0.29, 0.717) is 16.3 Å². The Bertz CT molecular complexity index is 1070. The van der Waals surface area contributed by atoms with Gasteiger partial charge in [0.2, 0.25) is 0 Å². The number of fused-ring (bicyclic) bond motifs is 1. The first kappa shape index (κ1) is 20.8. The topological polar surface area (TPSA) is 59.4 Å². The molecule has 0 aliphatic heterocycles. The largest absolute Gasteiger partial charge is 0.479 e. The number of carbonyl (C=O) groups is 1. The van der Waals surface area contributed by atoms with Crippen molar-refractivity contribution in [2.45, 2.75) is 58.2 Å². The molecule has 1 aliphatic rings. The molecule has 1 heterocycles. The Morgan fingerprint density at radius 1 is 1.20 bits per heavy atom. The minimum absolute atomic E-state index is 0.0316. The summed E-state index contributed by atoms with van der Waals surface area (Å²) in [6.07, 6.45) is 3.80. The molecule has 0 radical (unpaired) electrons. The van der Waals surface area contributed by atoms with Crippen molar-refractivity contribution in [1.29, 1.82) is 0 Å². The minimum atomic E-state index is -1.06. The quantitative estimate of drug-likeness (QED) is 0.490. The fraction of sp³-hybridized carbons (Fsp3) is 0.360. The molecule has 156 valence electrons. The summed E-state index contributed by atoms with van der Waals surface area (Å²) < 4.78 is 6.15. The molecule has 1 aliphatic carbocycles. The third-order valence-electron chi connectivity index (χ3n) is 5.94. The first-order valence-electron chi connectivity index (χ1n) is 10.5. The van der Waals surface area contributed by atoms with Gasteiger partial charge in [0.1, 0.15) is 0 Å². The van der Waals surface area contributed by atoms with Crippen molar-refractivity contribution in [2.75, 3.05) is 0 Å². The molecule has 30 heavy (non-hydrogen) atoms. The average molecular weight is 424 g/mol. The number of halogens is 1. The zero-order valence-electron chi connectivity index (χ0n) is 17.3. The zero-order valence-corrected chi connectivity index (χ0v) is 18.1. The number of pyridine rings is 1. The van der Waals surface area contributed by atoms with E-state index in [-0.39, 0.29) is 6.10 Å². The number of carboxylic acids is 1. The van der Waals surface area contributed by atoms with Crippen molar-refractivity contribution in [2.24, 2.45) is 0 Å². The summed E-state index contributed by atoms with van der Waals surface area (Å²) in [4.78, 5) is 17.1. The number of aromatic nitrogens is 1. The predicted molar refractivity (Wildman–Crippen MR) is 120 cm³/mol. The van der Waals surface area contributed by atoms with Crippen LogP contribution in [0.1, 0.15) is 55.5 Å². The van der Waals surface area contributed by atoms with E-state index in [1.54, 1.807) is 0 Å². The van der Waals surface area contributed by atoms with Gasteiger partial charge in [-0.1, -0.05) is 55.6 Å². The second kappa shape index (κ2) is 8.75. The zero-order chi connectivity index (χ0) is 21.3.